The first-order valence-electron chi connectivity index (χ1n) is 42.0. The quantitative estimate of drug-likeness (QED) is 0.0406. The number of hydrogen-bond acceptors (Lipinski definition) is 26. The van der Waals surface area contributed by atoms with Crippen LogP contribution >= 0.6 is 0 Å². The van der Waals surface area contributed by atoms with Gasteiger partial charge in [-0.2, -0.15) is 0 Å². The van der Waals surface area contributed by atoms with E-state index in [9.17, 15) is 0 Å². The van der Waals surface area contributed by atoms with E-state index in [0.29, 0.717) is 72.5 Å². The van der Waals surface area contributed by atoms with E-state index in [4.69, 9.17) is 109 Å². The third-order valence-corrected chi connectivity index (χ3v) is 98.2. The highest BCUT2D eigenvalue weighted by Crippen LogP contribution is 2.48. The Hall–Kier alpha value is 3.95. The summed E-state index contributed by atoms with van der Waals surface area (Å²) in [6, 6.07) is 3.53. The van der Waals surface area contributed by atoms with Gasteiger partial charge in [0.1, 0.15) is 0 Å². The van der Waals surface area contributed by atoms with Crippen molar-refractivity contribution in [2.45, 2.75) is 359 Å². The fourth-order valence-electron chi connectivity index (χ4n) is 17.4. The lowest BCUT2D eigenvalue weighted by atomic mass is 9.88. The molecule has 8 rings (SSSR count). The first-order valence-corrected chi connectivity index (χ1v) is 95.3. The Morgan fingerprint density at radius 3 is 0.642 bits per heavy atom. The van der Waals surface area contributed by atoms with Crippen molar-refractivity contribution in [3.8, 4) is 0 Å². The maximum atomic E-state index is 8.24. The second-order valence-electron chi connectivity index (χ2n) is 35.8. The van der Waals surface area contributed by atoms with E-state index in [-0.39, 0.29) is 0 Å². The molecule has 0 radical (unpaired) electrons. The number of fused-ring (bicyclic) bond motifs is 4. The maximum Gasteiger partial charge on any atom is 0.317 e. The minimum absolute atomic E-state index is 0.397. The van der Waals surface area contributed by atoms with Gasteiger partial charge in [0.05, 0.1) is 48.8 Å². The fourth-order valence-corrected chi connectivity index (χ4v) is 101. The van der Waals surface area contributed by atoms with Crippen molar-refractivity contribution >= 4 is 208 Å². The number of hydrogen-bond donors (Lipinski definition) is 0. The standard InChI is InChI=1S/C60H152O26Si23/c1-87(66-89(3)68-91(5)70-93(7)72-95(9)74-97(11)76-99(13)78-101(15)80-103(17,18)19)65-88(2)67-90(4)69-92(6)71-94(8)73-96(10)75-98(12)77-100(14)79-102(16)81-106(25,41-37-49-29-33-53-57(45-49)61-53)84-108(27,43-39-51-31-35-55-59(47-51)63-55)86-109(28,44-40-52-32-36-56-60(48-52)64-56)85-107(26,83-105(23,24)82-104(20,21)22)42-38-50-30-34-54-58(46-50)62-54/h49-60,87-102H,29-48H2,1-28H3. The number of rotatable bonds is 56. The van der Waals surface area contributed by atoms with Crippen LogP contribution in [-0.4, -0.2) is 257 Å². The van der Waals surface area contributed by atoms with Gasteiger partial charge in [-0.15, -0.1) is 0 Å². The second kappa shape index (κ2) is 44.5. The Bertz CT molecular complexity index is 2690. The van der Waals surface area contributed by atoms with Gasteiger partial charge in [-0.3, -0.25) is 0 Å². The Kier molecular flexibility index (Phi) is 40.2. The highest BCUT2D eigenvalue weighted by atomic mass is 28.5. The normalized spacial score (nSPS) is 32.3. The van der Waals surface area contributed by atoms with Gasteiger partial charge in [-0.25, -0.2) is 0 Å². The molecule has 0 N–H and O–H groups in total. The van der Waals surface area contributed by atoms with E-state index in [2.05, 4.69) is 124 Å². The molecule has 109 heavy (non-hydrogen) atoms. The van der Waals surface area contributed by atoms with Crippen molar-refractivity contribution in [1.29, 1.82) is 0 Å². The topological polar surface area (TPSA) is 253 Å². The maximum absolute atomic E-state index is 8.24. The van der Waals surface area contributed by atoms with Crippen molar-refractivity contribution in [3.05, 3.63) is 0 Å². The molecule has 640 valence electrons. The lowest BCUT2D eigenvalue weighted by Crippen LogP contribution is -2.63. The zero-order valence-corrected chi connectivity index (χ0v) is 97.9. The molecule has 4 aliphatic carbocycles. The van der Waals surface area contributed by atoms with Crippen molar-refractivity contribution in [1.82, 2.24) is 0 Å². The molecule has 26 nitrogen and oxygen atoms in total. The van der Waals surface area contributed by atoms with E-state index in [1.54, 1.807) is 0 Å². The minimum atomic E-state index is -3.16. The fraction of sp³-hybridized carbons (Fsp3) is 1.00. The van der Waals surface area contributed by atoms with Crippen molar-refractivity contribution in [2.24, 2.45) is 23.7 Å². The van der Waals surface area contributed by atoms with Gasteiger partial charge >= 0.3 is 42.8 Å². The molecular weight excluding hydrogens is 1780 g/mol. The van der Waals surface area contributed by atoms with Crippen LogP contribution in [0.15, 0.2) is 0 Å². The van der Waals surface area contributed by atoms with Crippen LogP contribution in [0.5, 0.6) is 0 Å². The van der Waals surface area contributed by atoms with E-state index in [0.717, 1.165) is 101 Å². The SMILES string of the molecule is C[SiH](O[SiH](C)O[SiH](C)O[SiH](C)O[SiH](C)O[SiH](C)O[SiH](C)O[SiH](C)O[SiH](C)O[Si](C)(CCC1CCC2OC2C1)O[Si](C)(CCC1CCC2OC2C1)O[Si](C)(CCC1CCC2OC2C1)O[Si](C)(CCC1CCC2OC2C1)O[Si](C)(C)O[Si](C)(C)C)O[SiH](C)O[SiH](C)O[SiH](C)O[SiH](C)O[SiH](C)O[SiH](C)O[SiH](C)O[Si](C)(C)C. The summed E-state index contributed by atoms with van der Waals surface area (Å²) < 4.78 is 174. The summed E-state index contributed by atoms with van der Waals surface area (Å²) in [4.78, 5) is 0. The van der Waals surface area contributed by atoms with Gasteiger partial charge < -0.3 is 109 Å². The summed E-state index contributed by atoms with van der Waals surface area (Å²) in [6.45, 7) is 60.4. The molecule has 4 saturated heterocycles. The molecule has 0 bridgehead atoms. The average molecular weight is 1940 g/mol. The highest BCUT2D eigenvalue weighted by molar-refractivity contribution is 6.92. The first-order chi connectivity index (χ1) is 50.7. The first kappa shape index (κ1) is 98.4. The zero-order valence-electron chi connectivity index (χ0n) is 72.4. The van der Waals surface area contributed by atoms with Gasteiger partial charge in [0, 0.05) is 0 Å². The number of epoxide rings is 4. The lowest BCUT2D eigenvalue weighted by molar-refractivity contribution is 0.240. The third kappa shape index (κ3) is 38.3. The molecule has 0 aromatic rings. The average Bonchev–Trinajstić information content (AvgIpc) is 1.68. The Morgan fingerprint density at radius 2 is 0.422 bits per heavy atom. The van der Waals surface area contributed by atoms with E-state index in [1.807, 2.05) is 58.9 Å². The molecule has 0 amide bonds. The molecule has 4 aliphatic heterocycles. The molecule has 0 spiro atoms. The van der Waals surface area contributed by atoms with Crippen LogP contribution in [0.3, 0.4) is 0 Å². The van der Waals surface area contributed by atoms with Crippen LogP contribution < -0.4 is 0 Å². The van der Waals surface area contributed by atoms with Crippen molar-refractivity contribution in [2.75, 3.05) is 0 Å². The predicted molar refractivity (Wildman–Crippen MR) is 484 cm³/mol. The Balaban J connectivity index is 0.821. The second-order valence-corrected chi connectivity index (χ2v) is 98.5. The molecule has 49 heteroatoms. The highest BCUT2D eigenvalue weighted by Gasteiger charge is 2.56. The van der Waals surface area contributed by atoms with Crippen LogP contribution in [0.4, 0.5) is 0 Å². The Labute approximate surface area is 694 Å². The summed E-state index contributed by atoms with van der Waals surface area (Å²) in [7, 11) is -51.3. The smallest absolute Gasteiger partial charge is 0.317 e. The molecule has 32 atom stereocenters. The van der Waals surface area contributed by atoms with Gasteiger partial charge in [-0.05, 0) is 334 Å². The molecule has 32 unspecified atom stereocenters. The van der Waals surface area contributed by atoms with Crippen molar-refractivity contribution < 1.29 is 109 Å². The molecule has 8 aliphatic rings. The summed E-state index contributed by atoms with van der Waals surface area (Å²) >= 11 is 0. The van der Waals surface area contributed by atoms with Crippen LogP contribution in [0.25, 0.3) is 0 Å². The molecular formula is C60H152O26Si23. The largest absolute Gasteiger partial charge is 0.439 e. The van der Waals surface area contributed by atoms with Crippen LogP contribution in [0, 0.1) is 23.7 Å². The summed E-state index contributed by atoms with van der Waals surface area (Å²) in [6.07, 6.45) is 21.5. The third-order valence-electron chi connectivity index (χ3n) is 21.5. The van der Waals surface area contributed by atoms with E-state index >= 15 is 0 Å². The summed E-state index contributed by atoms with van der Waals surface area (Å²) in [5.41, 5.74) is 0. The van der Waals surface area contributed by atoms with Gasteiger partial charge in [0.15, 0.2) is 16.6 Å². The van der Waals surface area contributed by atoms with Crippen molar-refractivity contribution in [3.63, 3.8) is 0 Å². The van der Waals surface area contributed by atoms with Gasteiger partial charge in [-0.1, -0.05) is 0 Å². The van der Waals surface area contributed by atoms with E-state index < -0.39 is 208 Å². The zero-order chi connectivity index (χ0) is 80.2. The monoisotopic (exact) mass is 1930 g/mol. The molecule has 0 aromatic heterocycles. The van der Waals surface area contributed by atoms with Gasteiger partial charge in [0.2, 0.25) is 0 Å². The van der Waals surface area contributed by atoms with Gasteiger partial charge in [0.25, 0.3) is 149 Å². The molecule has 8 fully saturated rings. The molecule has 4 saturated carbocycles. The number of ether oxygens (including phenoxy) is 4. The predicted octanol–water partition coefficient (Wildman–Crippen LogP) is 9.45. The molecule has 0 aromatic carbocycles. The van der Waals surface area contributed by atoms with Crippen LogP contribution in [-0.2, 0) is 109 Å². The molecule has 4 heterocycles. The Morgan fingerprint density at radius 1 is 0.220 bits per heavy atom. The summed E-state index contributed by atoms with van der Waals surface area (Å²) in [5, 5.41) is 0. The van der Waals surface area contributed by atoms with Crippen LogP contribution in [0.2, 0.25) is 207 Å². The van der Waals surface area contributed by atoms with E-state index in [1.165, 1.54) is 25.7 Å². The lowest BCUT2D eigenvalue weighted by Gasteiger charge is -2.47. The summed E-state index contributed by atoms with van der Waals surface area (Å²) in [5.74, 6) is 2.30. The van der Waals surface area contributed by atoms with Crippen LogP contribution in [0.1, 0.15) is 103 Å². The minimum Gasteiger partial charge on any atom is -0.439 e.